The Kier molecular flexibility index (Phi) is 9.61. The van der Waals surface area contributed by atoms with E-state index in [1.165, 1.54) is 7.11 Å². The van der Waals surface area contributed by atoms with Crippen LogP contribution < -0.4 is 10.6 Å². The zero-order valence-electron chi connectivity index (χ0n) is 22.7. The minimum Gasteiger partial charge on any atom is -0.467 e. The molecular weight excluding hydrogens is 496 g/mol. The standard InChI is InChI=1S/C31H36N2O6/c1-4-5-18-38-22-16-14-21(15-17-22)29(34)33-28(30(35)37-3)20(2)32-31(36)39-19-27-25-12-8-6-10-23(25)24-11-7-9-13-26(24)27/h6-13,20-22,27-28H,14-19H2,1-3H3,(H,32,36)(H,33,34)/t20-,21?,22?,28+/m1/s1. The lowest BCUT2D eigenvalue weighted by Crippen LogP contribution is -2.56. The first kappa shape index (κ1) is 28.2. The maximum absolute atomic E-state index is 13.0. The third kappa shape index (κ3) is 6.79. The number of nitrogens with one attached hydrogen (secondary N) is 2. The van der Waals surface area contributed by atoms with E-state index >= 15 is 0 Å². The quantitative estimate of drug-likeness (QED) is 0.371. The lowest BCUT2D eigenvalue weighted by molar-refractivity contribution is -0.146. The zero-order chi connectivity index (χ0) is 27.8. The van der Waals surface area contributed by atoms with Crippen molar-refractivity contribution in [3.63, 3.8) is 0 Å². The number of hydrogen-bond acceptors (Lipinski definition) is 6. The second-order valence-corrected chi connectivity index (χ2v) is 9.98. The van der Waals surface area contributed by atoms with Crippen LogP contribution in [0.5, 0.6) is 0 Å². The predicted molar refractivity (Wildman–Crippen MR) is 147 cm³/mol. The molecule has 206 valence electrons. The van der Waals surface area contributed by atoms with E-state index in [1.54, 1.807) is 13.8 Å². The number of esters is 1. The topological polar surface area (TPSA) is 103 Å². The molecular formula is C31H36N2O6. The van der Waals surface area contributed by atoms with Gasteiger partial charge in [-0.15, -0.1) is 5.92 Å². The molecule has 4 rings (SSSR count). The summed E-state index contributed by atoms with van der Waals surface area (Å²) < 4.78 is 16.3. The van der Waals surface area contributed by atoms with Gasteiger partial charge in [0.05, 0.1) is 19.3 Å². The SMILES string of the molecule is CC#CCOC1CCC(C(=O)N[C@H](C(=O)OC)[C@@H](C)NC(=O)OCC2c3ccccc3-c3ccccc32)CC1. The lowest BCUT2D eigenvalue weighted by atomic mass is 9.86. The largest absolute Gasteiger partial charge is 0.467 e. The van der Waals surface area contributed by atoms with Crippen molar-refractivity contribution in [3.8, 4) is 23.0 Å². The molecule has 8 nitrogen and oxygen atoms in total. The van der Waals surface area contributed by atoms with Crippen molar-refractivity contribution in [2.75, 3.05) is 20.3 Å². The number of rotatable bonds is 9. The molecule has 0 saturated heterocycles. The smallest absolute Gasteiger partial charge is 0.407 e. The molecule has 2 aromatic carbocycles. The van der Waals surface area contributed by atoms with Crippen LogP contribution in [0.25, 0.3) is 11.1 Å². The molecule has 2 aromatic rings. The van der Waals surface area contributed by atoms with E-state index in [1.807, 2.05) is 36.4 Å². The third-order valence-corrected chi connectivity index (χ3v) is 7.56. The number of methoxy groups -OCH3 is 1. The molecule has 0 bridgehead atoms. The highest BCUT2D eigenvalue weighted by molar-refractivity contribution is 5.87. The van der Waals surface area contributed by atoms with Gasteiger partial charge in [-0.1, -0.05) is 54.5 Å². The van der Waals surface area contributed by atoms with Gasteiger partial charge in [0.2, 0.25) is 5.91 Å². The Balaban J connectivity index is 1.31. The number of fused-ring (bicyclic) bond motifs is 3. The van der Waals surface area contributed by atoms with Gasteiger partial charge in [0.1, 0.15) is 19.3 Å². The Labute approximate surface area is 229 Å². The van der Waals surface area contributed by atoms with E-state index in [0.717, 1.165) is 35.1 Å². The number of carbonyl (C=O) groups excluding carboxylic acids is 3. The molecule has 1 fully saturated rings. The number of alkyl carbamates (subject to hydrolysis) is 1. The first-order valence-corrected chi connectivity index (χ1v) is 13.4. The summed E-state index contributed by atoms with van der Waals surface area (Å²) >= 11 is 0. The van der Waals surface area contributed by atoms with Crippen LogP contribution >= 0.6 is 0 Å². The van der Waals surface area contributed by atoms with Crippen LogP contribution in [0.1, 0.15) is 56.6 Å². The van der Waals surface area contributed by atoms with Crippen molar-refractivity contribution in [1.82, 2.24) is 10.6 Å². The van der Waals surface area contributed by atoms with Crippen molar-refractivity contribution in [2.24, 2.45) is 5.92 Å². The van der Waals surface area contributed by atoms with Gasteiger partial charge in [-0.25, -0.2) is 9.59 Å². The summed E-state index contributed by atoms with van der Waals surface area (Å²) in [5.41, 5.74) is 4.49. The summed E-state index contributed by atoms with van der Waals surface area (Å²) in [6.07, 6.45) is 2.22. The Morgan fingerprint density at radius 3 is 2.15 bits per heavy atom. The minimum absolute atomic E-state index is 0.0808. The van der Waals surface area contributed by atoms with Gasteiger partial charge < -0.3 is 24.8 Å². The number of benzene rings is 2. The van der Waals surface area contributed by atoms with Crippen molar-refractivity contribution in [2.45, 2.75) is 63.6 Å². The molecule has 2 aliphatic rings. The predicted octanol–water partition coefficient (Wildman–Crippen LogP) is 4.17. The van der Waals surface area contributed by atoms with Gasteiger partial charge in [0.25, 0.3) is 0 Å². The average Bonchev–Trinajstić information content (AvgIpc) is 3.28. The highest BCUT2D eigenvalue weighted by atomic mass is 16.5. The third-order valence-electron chi connectivity index (χ3n) is 7.56. The number of carbonyl (C=O) groups is 3. The van der Waals surface area contributed by atoms with Crippen LogP contribution in [0.3, 0.4) is 0 Å². The van der Waals surface area contributed by atoms with E-state index in [0.29, 0.717) is 19.4 Å². The highest BCUT2D eigenvalue weighted by Crippen LogP contribution is 2.44. The molecule has 0 aliphatic heterocycles. The molecule has 39 heavy (non-hydrogen) atoms. The van der Waals surface area contributed by atoms with Crippen molar-refractivity contribution >= 4 is 18.0 Å². The first-order chi connectivity index (χ1) is 18.9. The van der Waals surface area contributed by atoms with Gasteiger partial charge in [-0.3, -0.25) is 4.79 Å². The second-order valence-electron chi connectivity index (χ2n) is 9.98. The van der Waals surface area contributed by atoms with Gasteiger partial charge in [-0.05, 0) is 61.8 Å². The summed E-state index contributed by atoms with van der Waals surface area (Å²) in [7, 11) is 1.25. The van der Waals surface area contributed by atoms with E-state index in [-0.39, 0.29) is 30.5 Å². The molecule has 8 heteroatoms. The summed E-state index contributed by atoms with van der Waals surface area (Å²) in [4.78, 5) is 38.3. The Morgan fingerprint density at radius 1 is 0.949 bits per heavy atom. The van der Waals surface area contributed by atoms with Crippen molar-refractivity contribution in [3.05, 3.63) is 59.7 Å². The normalized spacial score (nSPS) is 19.4. The Hall–Kier alpha value is -3.83. The number of amides is 2. The molecule has 0 aromatic heterocycles. The maximum atomic E-state index is 13.0. The highest BCUT2D eigenvalue weighted by Gasteiger charge is 2.34. The van der Waals surface area contributed by atoms with Gasteiger partial charge in [0, 0.05) is 11.8 Å². The summed E-state index contributed by atoms with van der Waals surface area (Å²) in [6.45, 7) is 3.95. The second kappa shape index (κ2) is 13.3. The van der Waals surface area contributed by atoms with Crippen LogP contribution in [-0.2, 0) is 23.8 Å². The molecule has 2 amide bonds. The van der Waals surface area contributed by atoms with Crippen LogP contribution in [0.15, 0.2) is 48.5 Å². The first-order valence-electron chi connectivity index (χ1n) is 13.4. The Bertz CT molecular complexity index is 1200. The molecule has 2 aliphatic carbocycles. The fourth-order valence-electron chi connectivity index (χ4n) is 5.42. The van der Waals surface area contributed by atoms with Crippen LogP contribution in [0.4, 0.5) is 4.79 Å². The molecule has 0 radical (unpaired) electrons. The molecule has 2 N–H and O–H groups in total. The van der Waals surface area contributed by atoms with E-state index in [2.05, 4.69) is 34.6 Å². The van der Waals surface area contributed by atoms with Gasteiger partial charge in [-0.2, -0.15) is 0 Å². The van der Waals surface area contributed by atoms with Crippen molar-refractivity contribution < 1.29 is 28.6 Å². The zero-order valence-corrected chi connectivity index (χ0v) is 22.7. The fraction of sp³-hybridized carbons (Fsp3) is 0.452. The Morgan fingerprint density at radius 2 is 1.56 bits per heavy atom. The van der Waals surface area contributed by atoms with E-state index < -0.39 is 24.1 Å². The minimum atomic E-state index is -1.04. The lowest BCUT2D eigenvalue weighted by Gasteiger charge is -2.30. The van der Waals surface area contributed by atoms with Crippen LogP contribution in [0.2, 0.25) is 0 Å². The fourth-order valence-corrected chi connectivity index (χ4v) is 5.42. The maximum Gasteiger partial charge on any atom is 0.407 e. The average molecular weight is 533 g/mol. The summed E-state index contributed by atoms with van der Waals surface area (Å²) in [6, 6.07) is 14.4. The summed E-state index contributed by atoms with van der Waals surface area (Å²) in [5.74, 6) is 4.50. The molecule has 1 saturated carbocycles. The number of ether oxygens (including phenoxy) is 3. The summed E-state index contributed by atoms with van der Waals surface area (Å²) in [5, 5.41) is 5.49. The molecule has 0 heterocycles. The van der Waals surface area contributed by atoms with Gasteiger partial charge in [0.15, 0.2) is 0 Å². The molecule has 0 spiro atoms. The van der Waals surface area contributed by atoms with E-state index in [4.69, 9.17) is 14.2 Å². The van der Waals surface area contributed by atoms with Crippen LogP contribution in [-0.4, -0.2) is 56.5 Å². The molecule has 0 unspecified atom stereocenters. The van der Waals surface area contributed by atoms with Crippen molar-refractivity contribution in [1.29, 1.82) is 0 Å². The molecule has 2 atom stereocenters. The van der Waals surface area contributed by atoms with E-state index in [9.17, 15) is 14.4 Å². The van der Waals surface area contributed by atoms with Gasteiger partial charge >= 0.3 is 12.1 Å². The van der Waals surface area contributed by atoms with Crippen LogP contribution in [0, 0.1) is 17.8 Å². The number of hydrogen-bond donors (Lipinski definition) is 2. The monoisotopic (exact) mass is 532 g/mol.